The predicted molar refractivity (Wildman–Crippen MR) is 119 cm³/mol. The summed E-state index contributed by atoms with van der Waals surface area (Å²) in [5.74, 6) is 0.934. The molecule has 4 rings (SSSR count). The quantitative estimate of drug-likeness (QED) is 0.743. The maximum absolute atomic E-state index is 12.9. The average molecular weight is 421 g/mol. The second kappa shape index (κ2) is 8.92. The number of Topliss-reactive ketones (excluding diaryl/α,β-unsaturated/α-hetero) is 1. The second-order valence-corrected chi connectivity index (χ2v) is 8.77. The number of likely N-dealkylation sites (tertiary alicyclic amines) is 1. The summed E-state index contributed by atoms with van der Waals surface area (Å²) in [6, 6.07) is 13.0. The summed E-state index contributed by atoms with van der Waals surface area (Å²) < 4.78 is 5.41. The van der Waals surface area contributed by atoms with Crippen LogP contribution in [0.15, 0.2) is 42.5 Å². The first-order chi connectivity index (χ1) is 14.9. The molecule has 0 spiro atoms. The van der Waals surface area contributed by atoms with Crippen molar-refractivity contribution in [1.82, 2.24) is 4.90 Å². The highest BCUT2D eigenvalue weighted by Gasteiger charge is 2.29. The average Bonchev–Trinajstić information content (AvgIpc) is 2.78. The number of nitrogens with one attached hydrogen (secondary N) is 1. The zero-order chi connectivity index (χ0) is 22.0. The van der Waals surface area contributed by atoms with E-state index in [0.29, 0.717) is 48.8 Å². The van der Waals surface area contributed by atoms with E-state index in [2.05, 4.69) is 19.2 Å². The molecule has 1 fully saturated rings. The number of hydrogen-bond acceptors (Lipinski definition) is 4. The number of hydrogen-bond donors (Lipinski definition) is 1. The van der Waals surface area contributed by atoms with Crippen LogP contribution in [0.25, 0.3) is 0 Å². The van der Waals surface area contributed by atoms with E-state index in [-0.39, 0.29) is 30.1 Å². The van der Waals surface area contributed by atoms with Gasteiger partial charge in [0.15, 0.2) is 12.4 Å². The third-order valence-electron chi connectivity index (χ3n) is 5.90. The molecular formula is C25H28N2O4. The number of piperidine rings is 1. The highest BCUT2D eigenvalue weighted by atomic mass is 16.5. The molecule has 0 unspecified atom stereocenters. The Bertz CT molecular complexity index is 989. The van der Waals surface area contributed by atoms with Crippen LogP contribution in [-0.4, -0.2) is 42.2 Å². The minimum Gasteiger partial charge on any atom is -0.482 e. The molecule has 0 radical (unpaired) electrons. The van der Waals surface area contributed by atoms with Crippen LogP contribution in [0.4, 0.5) is 5.69 Å². The van der Waals surface area contributed by atoms with Crippen LogP contribution in [0.1, 0.15) is 53.0 Å². The number of carbonyl (C=O) groups excluding carboxylic acids is 3. The molecule has 2 heterocycles. The second-order valence-electron chi connectivity index (χ2n) is 8.77. The van der Waals surface area contributed by atoms with Gasteiger partial charge in [-0.1, -0.05) is 38.1 Å². The van der Waals surface area contributed by atoms with Gasteiger partial charge in [-0.25, -0.2) is 0 Å². The van der Waals surface area contributed by atoms with Crippen LogP contribution in [0.5, 0.6) is 5.75 Å². The summed E-state index contributed by atoms with van der Waals surface area (Å²) >= 11 is 0. The molecular weight excluding hydrogens is 392 g/mol. The summed E-state index contributed by atoms with van der Waals surface area (Å²) in [4.78, 5) is 39.0. The summed E-state index contributed by atoms with van der Waals surface area (Å²) in [5, 5.41) is 2.73. The van der Waals surface area contributed by atoms with Crippen LogP contribution in [0.3, 0.4) is 0 Å². The minimum absolute atomic E-state index is 0.0450. The normalized spacial score (nSPS) is 16.5. The Kier molecular flexibility index (Phi) is 6.07. The molecule has 1 N–H and O–H groups in total. The standard InChI is InChI=1S/C25H28N2O4/c1-16(2)13-17-3-5-18(6-4-17)24(29)19-9-11-27(12-10-19)25(30)20-7-8-21-22(14-20)31-15-23(28)26-21/h3-8,14,16,19H,9-13,15H2,1-2H3,(H,26,28). The van der Waals surface area contributed by atoms with E-state index in [1.54, 1.807) is 23.1 Å². The first-order valence-electron chi connectivity index (χ1n) is 10.9. The topological polar surface area (TPSA) is 75.7 Å². The number of anilines is 1. The van der Waals surface area contributed by atoms with Crippen molar-refractivity contribution in [2.75, 3.05) is 25.0 Å². The maximum Gasteiger partial charge on any atom is 0.262 e. The molecule has 0 atom stereocenters. The third kappa shape index (κ3) is 4.79. The number of ether oxygens (including phenoxy) is 1. The van der Waals surface area contributed by atoms with E-state index in [1.807, 2.05) is 24.3 Å². The number of benzene rings is 2. The van der Waals surface area contributed by atoms with Crippen molar-refractivity contribution in [3.05, 3.63) is 59.2 Å². The first kappa shape index (κ1) is 21.1. The fraction of sp³-hybridized carbons (Fsp3) is 0.400. The number of nitrogens with zero attached hydrogens (tertiary/aromatic N) is 1. The van der Waals surface area contributed by atoms with Crippen LogP contribution >= 0.6 is 0 Å². The Hall–Kier alpha value is -3.15. The molecule has 6 nitrogen and oxygen atoms in total. The third-order valence-corrected chi connectivity index (χ3v) is 5.90. The number of rotatable bonds is 5. The van der Waals surface area contributed by atoms with Crippen LogP contribution in [0, 0.1) is 11.8 Å². The van der Waals surface area contributed by atoms with E-state index < -0.39 is 0 Å². The van der Waals surface area contributed by atoms with E-state index in [4.69, 9.17) is 4.74 Å². The SMILES string of the molecule is CC(C)Cc1ccc(C(=O)C2CCN(C(=O)c3ccc4c(c3)OCC(=O)N4)CC2)cc1. The van der Waals surface area contributed by atoms with Crippen molar-refractivity contribution in [2.24, 2.45) is 11.8 Å². The van der Waals surface area contributed by atoms with Gasteiger partial charge in [-0.3, -0.25) is 14.4 Å². The first-order valence-corrected chi connectivity index (χ1v) is 10.9. The molecule has 0 aliphatic carbocycles. The lowest BCUT2D eigenvalue weighted by molar-refractivity contribution is -0.118. The van der Waals surface area contributed by atoms with Crippen molar-refractivity contribution in [2.45, 2.75) is 33.1 Å². The molecule has 2 aliphatic heterocycles. The van der Waals surface area contributed by atoms with Gasteiger partial charge in [0.25, 0.3) is 11.8 Å². The Morgan fingerprint density at radius 3 is 2.42 bits per heavy atom. The van der Waals surface area contributed by atoms with Crippen LogP contribution < -0.4 is 10.1 Å². The summed E-state index contributed by atoms with van der Waals surface area (Å²) in [6.07, 6.45) is 2.33. The molecule has 0 aromatic heterocycles. The number of carbonyl (C=O) groups is 3. The molecule has 2 aromatic carbocycles. The molecule has 2 aliphatic rings. The summed E-state index contributed by atoms with van der Waals surface area (Å²) in [7, 11) is 0. The van der Waals surface area contributed by atoms with Crippen molar-refractivity contribution >= 4 is 23.3 Å². The fourth-order valence-corrected chi connectivity index (χ4v) is 4.25. The smallest absolute Gasteiger partial charge is 0.262 e. The molecule has 0 saturated carbocycles. The molecule has 31 heavy (non-hydrogen) atoms. The van der Waals surface area contributed by atoms with Gasteiger partial charge in [0.1, 0.15) is 5.75 Å². The van der Waals surface area contributed by atoms with E-state index in [0.717, 1.165) is 12.0 Å². The lowest BCUT2D eigenvalue weighted by Crippen LogP contribution is -2.40. The summed E-state index contributed by atoms with van der Waals surface area (Å²) in [6.45, 7) is 5.42. The van der Waals surface area contributed by atoms with Gasteiger partial charge < -0.3 is 15.0 Å². The minimum atomic E-state index is -0.201. The van der Waals surface area contributed by atoms with E-state index in [1.165, 1.54) is 5.56 Å². The lowest BCUT2D eigenvalue weighted by Gasteiger charge is -2.31. The zero-order valence-electron chi connectivity index (χ0n) is 18.0. The fourth-order valence-electron chi connectivity index (χ4n) is 4.25. The molecule has 6 heteroatoms. The number of ketones is 1. The summed E-state index contributed by atoms with van der Waals surface area (Å²) in [5.41, 5.74) is 3.11. The van der Waals surface area contributed by atoms with Crippen LogP contribution in [-0.2, 0) is 11.2 Å². The van der Waals surface area contributed by atoms with Crippen molar-refractivity contribution in [3.63, 3.8) is 0 Å². The molecule has 2 amide bonds. The van der Waals surface area contributed by atoms with Gasteiger partial charge in [-0.2, -0.15) is 0 Å². The van der Waals surface area contributed by atoms with Gasteiger partial charge in [0.2, 0.25) is 0 Å². The molecule has 162 valence electrons. The van der Waals surface area contributed by atoms with Gasteiger partial charge in [0, 0.05) is 30.1 Å². The molecule has 0 bridgehead atoms. The monoisotopic (exact) mass is 420 g/mol. The van der Waals surface area contributed by atoms with Crippen LogP contribution in [0.2, 0.25) is 0 Å². The Morgan fingerprint density at radius 1 is 1.06 bits per heavy atom. The molecule has 2 aromatic rings. The highest BCUT2D eigenvalue weighted by Crippen LogP contribution is 2.30. The maximum atomic E-state index is 12.9. The number of amides is 2. The van der Waals surface area contributed by atoms with E-state index >= 15 is 0 Å². The molecule has 1 saturated heterocycles. The predicted octanol–water partition coefficient (Wildman–Crippen LogP) is 3.95. The van der Waals surface area contributed by atoms with Gasteiger partial charge in [0.05, 0.1) is 5.69 Å². The zero-order valence-corrected chi connectivity index (χ0v) is 18.0. The highest BCUT2D eigenvalue weighted by molar-refractivity contribution is 6.00. The number of fused-ring (bicyclic) bond motifs is 1. The Labute approximate surface area is 182 Å². The largest absolute Gasteiger partial charge is 0.482 e. The van der Waals surface area contributed by atoms with Crippen molar-refractivity contribution < 1.29 is 19.1 Å². The van der Waals surface area contributed by atoms with E-state index in [9.17, 15) is 14.4 Å². The Morgan fingerprint density at radius 2 is 1.74 bits per heavy atom. The van der Waals surface area contributed by atoms with Gasteiger partial charge in [-0.15, -0.1) is 0 Å². The Balaban J connectivity index is 1.35. The van der Waals surface area contributed by atoms with Crippen molar-refractivity contribution in [1.29, 1.82) is 0 Å². The van der Waals surface area contributed by atoms with Gasteiger partial charge in [-0.05, 0) is 48.9 Å². The van der Waals surface area contributed by atoms with Gasteiger partial charge >= 0.3 is 0 Å². The lowest BCUT2D eigenvalue weighted by atomic mass is 9.88. The van der Waals surface area contributed by atoms with Crippen molar-refractivity contribution in [3.8, 4) is 5.75 Å².